The molecule has 1 fully saturated rings. The Morgan fingerprint density at radius 1 is 1.47 bits per heavy atom. The van der Waals surface area contributed by atoms with Crippen molar-refractivity contribution in [1.29, 1.82) is 0 Å². The molecule has 1 aliphatic rings. The second kappa shape index (κ2) is 6.19. The summed E-state index contributed by atoms with van der Waals surface area (Å²) in [6.07, 6.45) is 3.43. The number of aryl methyl sites for hydroxylation is 1. The maximum absolute atomic E-state index is 12.1. The summed E-state index contributed by atoms with van der Waals surface area (Å²) in [7, 11) is -3.32. The number of nitrogens with one attached hydrogen (secondary N) is 2. The van der Waals surface area contributed by atoms with E-state index in [1.54, 1.807) is 12.3 Å². The Bertz CT molecular complexity index is 542. The molecule has 1 saturated heterocycles. The van der Waals surface area contributed by atoms with Crippen LogP contribution in [0.3, 0.4) is 0 Å². The number of hydrogen-bond donors (Lipinski definition) is 2. The minimum Gasteiger partial charge on any atom is -0.317 e. The van der Waals surface area contributed by atoms with Crippen molar-refractivity contribution in [3.8, 4) is 0 Å². The summed E-state index contributed by atoms with van der Waals surface area (Å²) in [5.74, 6) is 0.788. The molecule has 0 saturated carbocycles. The first-order valence-corrected chi connectivity index (χ1v) is 8.74. The highest BCUT2D eigenvalue weighted by atomic mass is 79.9. The third-order valence-electron chi connectivity index (χ3n) is 3.22. The molecule has 0 aromatic carbocycles. The van der Waals surface area contributed by atoms with Gasteiger partial charge in [0, 0.05) is 10.7 Å². The van der Waals surface area contributed by atoms with Gasteiger partial charge in [-0.3, -0.25) is 4.72 Å². The molecule has 0 spiro atoms. The van der Waals surface area contributed by atoms with Crippen molar-refractivity contribution in [2.24, 2.45) is 5.92 Å². The molecule has 106 valence electrons. The van der Waals surface area contributed by atoms with Gasteiger partial charge in [-0.2, -0.15) is 0 Å². The molecule has 2 rings (SSSR count). The molecule has 5 nitrogen and oxygen atoms in total. The largest absolute Gasteiger partial charge is 0.317 e. The van der Waals surface area contributed by atoms with Crippen LogP contribution < -0.4 is 10.0 Å². The first-order valence-electron chi connectivity index (χ1n) is 6.29. The normalized spacial score (nSPS) is 17.4. The second-order valence-electron chi connectivity index (χ2n) is 4.90. The smallest absolute Gasteiger partial charge is 0.234 e. The highest BCUT2D eigenvalue weighted by molar-refractivity contribution is 9.10. The lowest BCUT2D eigenvalue weighted by Crippen LogP contribution is -2.33. The van der Waals surface area contributed by atoms with E-state index in [9.17, 15) is 8.42 Å². The van der Waals surface area contributed by atoms with Crippen LogP contribution in [0.2, 0.25) is 0 Å². The lowest BCUT2D eigenvalue weighted by molar-refractivity contribution is 0.402. The highest BCUT2D eigenvalue weighted by Crippen LogP contribution is 2.19. The average molecular weight is 348 g/mol. The van der Waals surface area contributed by atoms with Gasteiger partial charge in [0.25, 0.3) is 0 Å². The molecule has 0 radical (unpaired) electrons. The van der Waals surface area contributed by atoms with Crippen molar-refractivity contribution in [2.45, 2.75) is 19.8 Å². The third-order valence-corrected chi connectivity index (χ3v) is 5.48. The van der Waals surface area contributed by atoms with Gasteiger partial charge in [0.2, 0.25) is 10.0 Å². The Kier molecular flexibility index (Phi) is 4.81. The van der Waals surface area contributed by atoms with Gasteiger partial charge in [-0.15, -0.1) is 0 Å². The van der Waals surface area contributed by atoms with Crippen molar-refractivity contribution in [2.75, 3.05) is 23.6 Å². The summed E-state index contributed by atoms with van der Waals surface area (Å²) >= 11 is 3.34. The number of hydrogen-bond acceptors (Lipinski definition) is 4. The zero-order valence-corrected chi connectivity index (χ0v) is 13.2. The molecule has 0 bridgehead atoms. The maximum Gasteiger partial charge on any atom is 0.234 e. The molecule has 1 aliphatic heterocycles. The van der Waals surface area contributed by atoms with Crippen LogP contribution in [0.25, 0.3) is 0 Å². The van der Waals surface area contributed by atoms with Gasteiger partial charge in [-0.25, -0.2) is 13.4 Å². The topological polar surface area (TPSA) is 71.1 Å². The SMILES string of the molecule is Cc1cc(NS(=O)(=O)CC2CCNCC2)ncc1Br. The van der Waals surface area contributed by atoms with Gasteiger partial charge in [0.1, 0.15) is 5.82 Å². The summed E-state index contributed by atoms with van der Waals surface area (Å²) < 4.78 is 27.6. The number of sulfonamides is 1. The predicted molar refractivity (Wildman–Crippen MR) is 79.7 cm³/mol. The predicted octanol–water partition coefficient (Wildman–Crippen LogP) is 1.89. The van der Waals surface area contributed by atoms with Crippen LogP contribution in [0.1, 0.15) is 18.4 Å². The summed E-state index contributed by atoms with van der Waals surface area (Å²) in [6.45, 7) is 3.70. The van der Waals surface area contributed by atoms with E-state index in [0.717, 1.165) is 36.0 Å². The van der Waals surface area contributed by atoms with Gasteiger partial charge >= 0.3 is 0 Å². The molecule has 7 heteroatoms. The molecule has 2 N–H and O–H groups in total. The third kappa shape index (κ3) is 4.43. The number of piperidine rings is 1. The van der Waals surface area contributed by atoms with Crippen LogP contribution in [0.5, 0.6) is 0 Å². The molecule has 0 aliphatic carbocycles. The van der Waals surface area contributed by atoms with E-state index in [0.29, 0.717) is 5.82 Å². The lowest BCUT2D eigenvalue weighted by Gasteiger charge is -2.22. The van der Waals surface area contributed by atoms with Crippen molar-refractivity contribution in [1.82, 2.24) is 10.3 Å². The van der Waals surface area contributed by atoms with E-state index in [1.807, 2.05) is 6.92 Å². The molecular weight excluding hydrogens is 330 g/mol. The summed E-state index contributed by atoms with van der Waals surface area (Å²) in [6, 6.07) is 1.73. The van der Waals surface area contributed by atoms with Crippen molar-refractivity contribution in [3.63, 3.8) is 0 Å². The van der Waals surface area contributed by atoms with Crippen LogP contribution in [-0.2, 0) is 10.0 Å². The van der Waals surface area contributed by atoms with E-state index in [2.05, 4.69) is 31.0 Å². The van der Waals surface area contributed by atoms with E-state index in [-0.39, 0.29) is 11.7 Å². The van der Waals surface area contributed by atoms with E-state index in [4.69, 9.17) is 0 Å². The zero-order chi connectivity index (χ0) is 13.9. The van der Waals surface area contributed by atoms with Crippen LogP contribution in [-0.4, -0.2) is 32.2 Å². The van der Waals surface area contributed by atoms with E-state index < -0.39 is 10.0 Å². The number of anilines is 1. The number of halogens is 1. The Morgan fingerprint density at radius 3 is 2.79 bits per heavy atom. The van der Waals surface area contributed by atoms with Crippen molar-refractivity contribution < 1.29 is 8.42 Å². The minimum absolute atomic E-state index is 0.172. The molecular formula is C12H18BrN3O2S. The highest BCUT2D eigenvalue weighted by Gasteiger charge is 2.21. The monoisotopic (exact) mass is 347 g/mol. The van der Waals surface area contributed by atoms with Crippen LogP contribution in [0.4, 0.5) is 5.82 Å². The number of rotatable bonds is 4. The first kappa shape index (κ1) is 14.7. The molecule has 1 aromatic heterocycles. The molecule has 19 heavy (non-hydrogen) atoms. The van der Waals surface area contributed by atoms with Gasteiger partial charge in [0.15, 0.2) is 0 Å². The van der Waals surface area contributed by atoms with Crippen molar-refractivity contribution >= 4 is 31.8 Å². The Balaban J connectivity index is 2.01. The number of aromatic nitrogens is 1. The van der Waals surface area contributed by atoms with Crippen molar-refractivity contribution in [3.05, 3.63) is 22.3 Å². The average Bonchev–Trinajstić information content (AvgIpc) is 2.34. The van der Waals surface area contributed by atoms with Crippen LogP contribution in [0.15, 0.2) is 16.7 Å². The molecule has 0 unspecified atom stereocenters. The van der Waals surface area contributed by atoms with Gasteiger partial charge < -0.3 is 5.32 Å². The quantitative estimate of drug-likeness (QED) is 0.872. The minimum atomic E-state index is -3.32. The fourth-order valence-corrected chi connectivity index (χ4v) is 3.84. The first-order chi connectivity index (χ1) is 8.96. The lowest BCUT2D eigenvalue weighted by atomic mass is 10.0. The zero-order valence-electron chi connectivity index (χ0n) is 10.8. The Morgan fingerprint density at radius 2 is 2.16 bits per heavy atom. The Labute approximate surface area is 122 Å². The standard InChI is InChI=1S/C12H18BrN3O2S/c1-9-6-12(15-7-11(9)13)16-19(17,18)8-10-2-4-14-5-3-10/h6-7,10,14H,2-5,8H2,1H3,(H,15,16). The van der Waals surface area contributed by atoms with E-state index >= 15 is 0 Å². The summed E-state index contributed by atoms with van der Waals surface area (Å²) in [5.41, 5.74) is 0.953. The molecule has 1 aromatic rings. The fraction of sp³-hybridized carbons (Fsp3) is 0.583. The summed E-state index contributed by atoms with van der Waals surface area (Å²) in [4.78, 5) is 4.07. The van der Waals surface area contributed by atoms with Gasteiger partial charge in [-0.1, -0.05) is 0 Å². The van der Waals surface area contributed by atoms with Gasteiger partial charge in [-0.05, 0) is 66.3 Å². The molecule has 0 amide bonds. The fourth-order valence-electron chi connectivity index (χ4n) is 2.15. The van der Waals surface area contributed by atoms with Crippen LogP contribution >= 0.6 is 15.9 Å². The van der Waals surface area contributed by atoms with Crippen LogP contribution in [0, 0.1) is 12.8 Å². The number of pyridine rings is 1. The maximum atomic E-state index is 12.1. The van der Waals surface area contributed by atoms with Gasteiger partial charge in [0.05, 0.1) is 5.75 Å². The second-order valence-corrected chi connectivity index (χ2v) is 7.52. The molecule has 2 heterocycles. The Hall–Kier alpha value is -0.660. The molecule has 0 atom stereocenters. The van der Waals surface area contributed by atoms with E-state index in [1.165, 1.54) is 0 Å². The number of nitrogens with zero attached hydrogens (tertiary/aromatic N) is 1. The summed E-state index contributed by atoms with van der Waals surface area (Å²) in [5, 5.41) is 3.23.